The van der Waals surface area contributed by atoms with Gasteiger partial charge < -0.3 is 34.5 Å². The maximum absolute atomic E-state index is 14.9. The lowest BCUT2D eigenvalue weighted by Crippen LogP contribution is -2.61. The van der Waals surface area contributed by atoms with Crippen LogP contribution in [-0.4, -0.2) is 110 Å². The SMILES string of the molecule is COc1cnc(OC2CC3C(=O)NC4(C(=O)NS(=O)(=O)C5(CF)CC5)CC4C=CCCC(C)CC(C)C(NC(=O)OC4(C(C)C)COC4)C(=O)N3C2)c2ccccc12. The molecule has 2 aromatic rings. The molecule has 17 heteroatoms. The molecule has 4 heterocycles. The summed E-state index contributed by atoms with van der Waals surface area (Å²) in [6.07, 6.45) is 5.85. The van der Waals surface area contributed by atoms with Crippen molar-refractivity contribution in [2.75, 3.05) is 33.5 Å². The van der Waals surface area contributed by atoms with Crippen LogP contribution < -0.4 is 24.8 Å². The Balaban J connectivity index is 1.22. The van der Waals surface area contributed by atoms with Crippen LogP contribution in [0.25, 0.3) is 10.8 Å². The number of halogens is 1. The number of sulfonamides is 1. The number of hydrogen-bond donors (Lipinski definition) is 3. The van der Waals surface area contributed by atoms with E-state index in [0.29, 0.717) is 24.0 Å². The average Bonchev–Trinajstić information content (AvgIpc) is 4.08. The topological polar surface area (TPSA) is 192 Å². The normalized spacial score (nSPS) is 30.4. The van der Waals surface area contributed by atoms with E-state index in [1.165, 1.54) is 18.2 Å². The van der Waals surface area contributed by atoms with Crippen molar-refractivity contribution in [3.8, 4) is 11.6 Å². The Morgan fingerprint density at radius 2 is 1.84 bits per heavy atom. The molecule has 7 rings (SSSR count). The molecule has 7 atom stereocenters. The molecule has 2 saturated carbocycles. The third-order valence-corrected chi connectivity index (χ3v) is 14.9. The Labute approximate surface area is 338 Å². The molecule has 0 radical (unpaired) electrons. The summed E-state index contributed by atoms with van der Waals surface area (Å²) in [6, 6.07) is 5.05. The van der Waals surface area contributed by atoms with Crippen LogP contribution in [0.4, 0.5) is 9.18 Å². The van der Waals surface area contributed by atoms with Crippen molar-refractivity contribution in [3.63, 3.8) is 0 Å². The highest BCUT2D eigenvalue weighted by Gasteiger charge is 2.64. The fraction of sp³-hybridized carbons (Fsp3) is 0.634. The van der Waals surface area contributed by atoms with Crippen molar-refractivity contribution < 1.29 is 50.9 Å². The number of carbonyl (C=O) groups excluding carboxylic acids is 4. The maximum atomic E-state index is 14.9. The first-order valence-electron chi connectivity index (χ1n) is 20.1. The van der Waals surface area contributed by atoms with Crippen LogP contribution in [0.5, 0.6) is 11.6 Å². The number of rotatable bonds is 10. The van der Waals surface area contributed by atoms with Gasteiger partial charge in [-0.05, 0) is 62.3 Å². The number of ether oxygens (including phenoxy) is 4. The number of aromatic nitrogens is 1. The van der Waals surface area contributed by atoms with E-state index in [1.54, 1.807) is 0 Å². The molecule has 7 unspecified atom stereocenters. The Bertz CT molecular complexity index is 2070. The van der Waals surface area contributed by atoms with Gasteiger partial charge in [-0.2, -0.15) is 0 Å². The van der Waals surface area contributed by atoms with E-state index < -0.39 is 86.4 Å². The van der Waals surface area contributed by atoms with Crippen molar-refractivity contribution in [2.45, 2.75) is 107 Å². The second-order valence-electron chi connectivity index (χ2n) is 17.2. The minimum absolute atomic E-state index is 0.0170. The predicted molar refractivity (Wildman–Crippen MR) is 210 cm³/mol. The minimum atomic E-state index is -4.39. The third kappa shape index (κ3) is 7.83. The largest absolute Gasteiger partial charge is 0.494 e. The molecule has 316 valence electrons. The molecule has 0 bridgehead atoms. The number of hydrogen-bond acceptors (Lipinski definition) is 11. The van der Waals surface area contributed by atoms with Crippen LogP contribution in [0.3, 0.4) is 0 Å². The fourth-order valence-corrected chi connectivity index (χ4v) is 9.89. The molecule has 1 aromatic carbocycles. The summed E-state index contributed by atoms with van der Waals surface area (Å²) in [4.78, 5) is 63.0. The summed E-state index contributed by atoms with van der Waals surface area (Å²) < 4.78 is 64.0. The predicted octanol–water partition coefficient (Wildman–Crippen LogP) is 3.95. The lowest BCUT2D eigenvalue weighted by Gasteiger charge is -2.44. The molecule has 5 aliphatic rings. The first kappa shape index (κ1) is 41.6. The number of methoxy groups -OCH3 is 1. The first-order chi connectivity index (χ1) is 27.6. The van der Waals surface area contributed by atoms with Crippen LogP contribution in [0.15, 0.2) is 42.6 Å². The van der Waals surface area contributed by atoms with Gasteiger partial charge in [-0.25, -0.2) is 22.6 Å². The molecule has 4 amide bonds. The van der Waals surface area contributed by atoms with Crippen LogP contribution in [-0.2, 0) is 33.9 Å². The molecule has 2 saturated heterocycles. The van der Waals surface area contributed by atoms with E-state index in [1.807, 2.05) is 57.2 Å². The monoisotopic (exact) mass is 827 g/mol. The zero-order valence-corrected chi connectivity index (χ0v) is 34.4. The molecule has 3 N–H and O–H groups in total. The number of nitrogens with zero attached hydrogens (tertiary/aromatic N) is 2. The number of carbonyl (C=O) groups is 4. The van der Waals surface area contributed by atoms with Crippen molar-refractivity contribution in [2.24, 2.45) is 23.7 Å². The van der Waals surface area contributed by atoms with E-state index in [4.69, 9.17) is 18.9 Å². The summed E-state index contributed by atoms with van der Waals surface area (Å²) >= 11 is 0. The first-order valence-corrected chi connectivity index (χ1v) is 21.6. The number of amides is 4. The van der Waals surface area contributed by atoms with E-state index in [2.05, 4.69) is 27.3 Å². The standard InChI is InChI=1S/C41H54FN5O10S/c1-24(2)40(22-55-23-40)57-38(51)44-33-26(4)16-25(3)10-6-7-11-27-18-41(27,37(50)46-58(52,53)39(21-42)14-15-39)45-34(48)31-17-28(20-47(31)36(33)49)56-35-30-13-9-8-12-29(30)32(54-5)19-43-35/h7-9,11-13,19,24-28,31,33H,6,10,14-18,20-23H2,1-5H3,(H,44,51)(H,45,48)(H,46,50). The number of pyridine rings is 1. The fourth-order valence-electron chi connectivity index (χ4n) is 8.46. The molecule has 0 spiro atoms. The van der Waals surface area contributed by atoms with Gasteiger partial charge in [0.05, 0.1) is 33.1 Å². The van der Waals surface area contributed by atoms with E-state index >= 15 is 0 Å². The van der Waals surface area contributed by atoms with Crippen LogP contribution >= 0.6 is 0 Å². The molecule has 58 heavy (non-hydrogen) atoms. The van der Waals surface area contributed by atoms with Gasteiger partial charge in [-0.3, -0.25) is 19.1 Å². The maximum Gasteiger partial charge on any atom is 0.408 e. The van der Waals surface area contributed by atoms with Gasteiger partial charge >= 0.3 is 6.09 Å². The van der Waals surface area contributed by atoms with Gasteiger partial charge in [-0.1, -0.05) is 58.0 Å². The van der Waals surface area contributed by atoms with Gasteiger partial charge in [0.2, 0.25) is 27.7 Å². The van der Waals surface area contributed by atoms with Gasteiger partial charge in [0.1, 0.15) is 40.9 Å². The quantitative estimate of drug-likeness (QED) is 0.294. The number of nitrogens with one attached hydrogen (secondary N) is 3. The average molecular weight is 828 g/mol. The molecular formula is C41H54FN5O10S. The number of allylic oxidation sites excluding steroid dienone is 1. The number of alkyl carbamates (subject to hydrolysis) is 1. The van der Waals surface area contributed by atoms with E-state index in [-0.39, 0.29) is 63.2 Å². The summed E-state index contributed by atoms with van der Waals surface area (Å²) in [5.74, 6) is -2.30. The highest BCUT2D eigenvalue weighted by atomic mass is 32.2. The van der Waals surface area contributed by atoms with Crippen molar-refractivity contribution in [3.05, 3.63) is 42.6 Å². The van der Waals surface area contributed by atoms with Crippen LogP contribution in [0.2, 0.25) is 0 Å². The number of fused-ring (bicyclic) bond motifs is 3. The molecule has 3 aliphatic heterocycles. The Kier molecular flexibility index (Phi) is 11.4. The van der Waals surface area contributed by atoms with E-state index in [9.17, 15) is 32.0 Å². The smallest absolute Gasteiger partial charge is 0.408 e. The van der Waals surface area contributed by atoms with Crippen molar-refractivity contribution in [1.29, 1.82) is 0 Å². The second-order valence-corrected chi connectivity index (χ2v) is 19.3. The van der Waals surface area contributed by atoms with Crippen molar-refractivity contribution >= 4 is 44.6 Å². The highest BCUT2D eigenvalue weighted by molar-refractivity contribution is 7.91. The molecule has 4 fully saturated rings. The Morgan fingerprint density at radius 1 is 1.12 bits per heavy atom. The Hall–Kier alpha value is -4.51. The van der Waals surface area contributed by atoms with Crippen LogP contribution in [0.1, 0.15) is 72.6 Å². The zero-order valence-electron chi connectivity index (χ0n) is 33.6. The lowest BCUT2D eigenvalue weighted by molar-refractivity contribution is -0.200. The molecule has 2 aliphatic carbocycles. The summed E-state index contributed by atoms with van der Waals surface area (Å²) in [7, 11) is -2.86. The molecule has 15 nitrogen and oxygen atoms in total. The lowest BCUT2D eigenvalue weighted by atomic mass is 9.87. The zero-order chi connectivity index (χ0) is 41.6. The Morgan fingerprint density at radius 3 is 2.48 bits per heavy atom. The minimum Gasteiger partial charge on any atom is -0.494 e. The summed E-state index contributed by atoms with van der Waals surface area (Å²) in [6.45, 7) is 7.03. The van der Waals surface area contributed by atoms with Gasteiger partial charge in [0.15, 0.2) is 5.60 Å². The van der Waals surface area contributed by atoms with Gasteiger partial charge in [-0.15, -0.1) is 0 Å². The van der Waals surface area contributed by atoms with E-state index in [0.717, 1.165) is 11.8 Å². The number of benzene rings is 1. The highest BCUT2D eigenvalue weighted by Crippen LogP contribution is 2.48. The summed E-state index contributed by atoms with van der Waals surface area (Å²) in [5.41, 5.74) is -2.50. The second kappa shape index (κ2) is 15.9. The molecular weight excluding hydrogens is 774 g/mol. The van der Waals surface area contributed by atoms with Crippen LogP contribution in [0, 0.1) is 23.7 Å². The van der Waals surface area contributed by atoms with Gasteiger partial charge in [0.25, 0.3) is 5.91 Å². The van der Waals surface area contributed by atoms with Gasteiger partial charge in [0, 0.05) is 23.1 Å². The summed E-state index contributed by atoms with van der Waals surface area (Å²) in [5, 5.41) is 7.08. The van der Waals surface area contributed by atoms with Crippen molar-refractivity contribution in [1.82, 2.24) is 25.2 Å². The number of alkyl halides is 1. The molecule has 1 aromatic heterocycles. The third-order valence-electron chi connectivity index (χ3n) is 12.8.